The van der Waals surface area contributed by atoms with Crippen molar-refractivity contribution in [2.45, 2.75) is 13.0 Å². The summed E-state index contributed by atoms with van der Waals surface area (Å²) >= 11 is 5.93. The van der Waals surface area contributed by atoms with E-state index < -0.39 is 0 Å². The van der Waals surface area contributed by atoms with Crippen LogP contribution in [0.2, 0.25) is 5.15 Å². The Kier molecular flexibility index (Phi) is 4.01. The lowest BCUT2D eigenvalue weighted by Gasteiger charge is -2.04. The molecule has 17 heavy (non-hydrogen) atoms. The highest BCUT2D eigenvalue weighted by Gasteiger charge is 2.04. The Morgan fingerprint density at radius 2 is 2.24 bits per heavy atom. The first-order valence-electron chi connectivity index (χ1n) is 5.18. The number of nitrogens with zero attached hydrogens (tertiary/aromatic N) is 3. The molecule has 0 bridgehead atoms. The summed E-state index contributed by atoms with van der Waals surface area (Å²) in [6.45, 7) is 0.433. The average Bonchev–Trinajstić information content (AvgIpc) is 2.30. The Balaban J connectivity index is 2.21. The van der Waals surface area contributed by atoms with E-state index in [1.807, 2.05) is 12.1 Å². The number of hydrogen-bond donors (Lipinski definition) is 0. The second-order valence-electron chi connectivity index (χ2n) is 3.57. The average molecular weight is 250 g/mol. The van der Waals surface area contributed by atoms with Crippen molar-refractivity contribution in [1.29, 1.82) is 0 Å². The Bertz CT molecular complexity index is 490. The molecule has 0 aliphatic heterocycles. The molecule has 2 aromatic rings. The van der Waals surface area contributed by atoms with Gasteiger partial charge >= 0.3 is 0 Å². The summed E-state index contributed by atoms with van der Waals surface area (Å²) in [5.74, 6) is 0.678. The van der Waals surface area contributed by atoms with Crippen molar-refractivity contribution >= 4 is 11.6 Å². The molecule has 0 saturated heterocycles. The largest absolute Gasteiger partial charge is 0.378 e. The van der Waals surface area contributed by atoms with E-state index in [4.69, 9.17) is 16.3 Å². The molecule has 4 nitrogen and oxygen atoms in total. The van der Waals surface area contributed by atoms with Crippen LogP contribution in [0.1, 0.15) is 17.1 Å². The van der Waals surface area contributed by atoms with Crippen molar-refractivity contribution in [2.75, 3.05) is 7.11 Å². The maximum absolute atomic E-state index is 5.93. The first kappa shape index (κ1) is 12.0. The molecule has 2 heterocycles. The zero-order chi connectivity index (χ0) is 12.1. The molecular formula is C12H12ClN3O. The lowest BCUT2D eigenvalue weighted by Crippen LogP contribution is -2.02. The molecule has 0 N–H and O–H groups in total. The van der Waals surface area contributed by atoms with Gasteiger partial charge in [-0.2, -0.15) is 0 Å². The summed E-state index contributed by atoms with van der Waals surface area (Å²) in [5, 5.41) is 0.436. The number of rotatable bonds is 4. The van der Waals surface area contributed by atoms with Crippen LogP contribution in [0.5, 0.6) is 0 Å². The summed E-state index contributed by atoms with van der Waals surface area (Å²) in [5.41, 5.74) is 1.84. The molecule has 2 aromatic heterocycles. The first-order chi connectivity index (χ1) is 8.28. The van der Waals surface area contributed by atoms with E-state index in [0.717, 1.165) is 11.3 Å². The lowest BCUT2D eigenvalue weighted by molar-refractivity contribution is 0.181. The van der Waals surface area contributed by atoms with Gasteiger partial charge in [-0.15, -0.1) is 0 Å². The molecule has 2 rings (SSSR count). The van der Waals surface area contributed by atoms with Crippen molar-refractivity contribution in [3.63, 3.8) is 0 Å². The molecule has 0 spiro atoms. The molecule has 0 aliphatic carbocycles. The predicted octanol–water partition coefficient (Wildman–Crippen LogP) is 2.26. The van der Waals surface area contributed by atoms with Gasteiger partial charge < -0.3 is 4.74 Å². The molecule has 0 saturated carbocycles. The van der Waals surface area contributed by atoms with E-state index in [0.29, 0.717) is 24.0 Å². The predicted molar refractivity (Wildman–Crippen MR) is 64.8 cm³/mol. The maximum atomic E-state index is 5.93. The van der Waals surface area contributed by atoms with Crippen LogP contribution in [0.15, 0.2) is 30.6 Å². The van der Waals surface area contributed by atoms with E-state index in [-0.39, 0.29) is 0 Å². The van der Waals surface area contributed by atoms with Crippen molar-refractivity contribution in [3.05, 3.63) is 52.8 Å². The van der Waals surface area contributed by atoms with Gasteiger partial charge in [-0.3, -0.25) is 4.98 Å². The van der Waals surface area contributed by atoms with Gasteiger partial charge in [0.05, 0.1) is 12.3 Å². The maximum Gasteiger partial charge on any atom is 0.134 e. The molecule has 88 valence electrons. The van der Waals surface area contributed by atoms with E-state index in [1.165, 1.54) is 0 Å². The Labute approximate surface area is 105 Å². The topological polar surface area (TPSA) is 47.9 Å². The lowest BCUT2D eigenvalue weighted by atomic mass is 10.2. The van der Waals surface area contributed by atoms with E-state index >= 15 is 0 Å². The SMILES string of the molecule is COCc1cc(Cl)nc(Cc2cccnc2)n1. The van der Waals surface area contributed by atoms with Gasteiger partial charge in [-0.25, -0.2) is 9.97 Å². The fourth-order valence-corrected chi connectivity index (χ4v) is 1.73. The number of aromatic nitrogens is 3. The normalized spacial score (nSPS) is 10.5. The van der Waals surface area contributed by atoms with Gasteiger partial charge in [0.2, 0.25) is 0 Å². The molecule has 0 aliphatic rings. The van der Waals surface area contributed by atoms with Crippen LogP contribution in [0, 0.1) is 0 Å². The first-order valence-corrected chi connectivity index (χ1v) is 5.56. The van der Waals surface area contributed by atoms with Gasteiger partial charge in [0.25, 0.3) is 0 Å². The van der Waals surface area contributed by atoms with E-state index in [2.05, 4.69) is 15.0 Å². The Hall–Kier alpha value is -1.52. The van der Waals surface area contributed by atoms with Crippen LogP contribution >= 0.6 is 11.6 Å². The fourth-order valence-electron chi connectivity index (χ4n) is 1.50. The Morgan fingerprint density at radius 1 is 1.35 bits per heavy atom. The molecule has 5 heteroatoms. The summed E-state index contributed by atoms with van der Waals surface area (Å²) in [6, 6.07) is 5.57. The summed E-state index contributed by atoms with van der Waals surface area (Å²) in [7, 11) is 1.62. The molecule has 0 atom stereocenters. The monoisotopic (exact) mass is 249 g/mol. The second kappa shape index (κ2) is 5.70. The zero-order valence-corrected chi connectivity index (χ0v) is 10.2. The molecule has 0 amide bonds. The zero-order valence-electron chi connectivity index (χ0n) is 9.43. The minimum atomic E-state index is 0.433. The van der Waals surface area contributed by atoms with Crippen LogP contribution in [0.25, 0.3) is 0 Å². The highest BCUT2D eigenvalue weighted by Crippen LogP contribution is 2.11. The standard InChI is InChI=1S/C12H12ClN3O/c1-17-8-10-6-11(13)16-12(15-10)5-9-3-2-4-14-7-9/h2-4,6-7H,5,8H2,1H3. The van der Waals surface area contributed by atoms with Crippen molar-refractivity contribution in [2.24, 2.45) is 0 Å². The molecule has 0 fully saturated rings. The van der Waals surface area contributed by atoms with Gasteiger partial charge in [0.1, 0.15) is 11.0 Å². The van der Waals surface area contributed by atoms with Gasteiger partial charge in [-0.1, -0.05) is 17.7 Å². The van der Waals surface area contributed by atoms with Gasteiger partial charge in [0, 0.05) is 25.9 Å². The number of methoxy groups -OCH3 is 1. The Morgan fingerprint density at radius 3 is 2.94 bits per heavy atom. The smallest absolute Gasteiger partial charge is 0.134 e. The number of halogens is 1. The fraction of sp³-hybridized carbons (Fsp3) is 0.250. The summed E-state index contributed by atoms with van der Waals surface area (Å²) < 4.78 is 5.03. The second-order valence-corrected chi connectivity index (χ2v) is 3.96. The van der Waals surface area contributed by atoms with Gasteiger partial charge in [0.15, 0.2) is 0 Å². The van der Waals surface area contributed by atoms with Crippen molar-refractivity contribution < 1.29 is 4.74 Å². The highest BCUT2D eigenvalue weighted by molar-refractivity contribution is 6.29. The quantitative estimate of drug-likeness (QED) is 0.780. The third kappa shape index (κ3) is 3.47. The minimum absolute atomic E-state index is 0.433. The highest BCUT2D eigenvalue weighted by atomic mass is 35.5. The van der Waals surface area contributed by atoms with Crippen molar-refractivity contribution in [3.8, 4) is 0 Å². The molecular weight excluding hydrogens is 238 g/mol. The molecule has 0 aromatic carbocycles. The number of pyridine rings is 1. The van der Waals surface area contributed by atoms with Gasteiger partial charge in [-0.05, 0) is 17.7 Å². The molecule has 0 unspecified atom stereocenters. The third-order valence-corrected chi connectivity index (χ3v) is 2.37. The van der Waals surface area contributed by atoms with Crippen LogP contribution in [0.4, 0.5) is 0 Å². The van der Waals surface area contributed by atoms with E-state index in [1.54, 1.807) is 25.6 Å². The summed E-state index contributed by atoms with van der Waals surface area (Å²) in [6.07, 6.45) is 4.14. The van der Waals surface area contributed by atoms with Crippen LogP contribution < -0.4 is 0 Å². The third-order valence-electron chi connectivity index (χ3n) is 2.17. The minimum Gasteiger partial charge on any atom is -0.378 e. The van der Waals surface area contributed by atoms with Crippen LogP contribution in [0.3, 0.4) is 0 Å². The molecule has 0 radical (unpaired) electrons. The van der Waals surface area contributed by atoms with Crippen LogP contribution in [-0.4, -0.2) is 22.1 Å². The van der Waals surface area contributed by atoms with E-state index in [9.17, 15) is 0 Å². The summed E-state index contributed by atoms with van der Waals surface area (Å²) in [4.78, 5) is 12.6. The van der Waals surface area contributed by atoms with Crippen LogP contribution in [-0.2, 0) is 17.8 Å². The number of hydrogen-bond acceptors (Lipinski definition) is 4. The number of ether oxygens (including phenoxy) is 1. The van der Waals surface area contributed by atoms with Crippen molar-refractivity contribution in [1.82, 2.24) is 15.0 Å².